The number of aliphatic carboxylic acids is 1. The number of carboxylic acid groups (broad SMARTS) is 1. The number of hydrogen-bond donors (Lipinski definition) is 2. The largest absolute Gasteiger partial charge is 0.495 e. The van der Waals surface area contributed by atoms with Gasteiger partial charge in [-0.25, -0.2) is 4.79 Å². The summed E-state index contributed by atoms with van der Waals surface area (Å²) in [6, 6.07) is 3.26. The van der Waals surface area contributed by atoms with Gasteiger partial charge >= 0.3 is 12.0 Å². The molecule has 0 saturated carbocycles. The van der Waals surface area contributed by atoms with E-state index in [1.807, 2.05) is 0 Å². The standard InChI is InChI=1S/C14H19N3O4/c1-21-12-5-2-6-15-11(12)8-16-14(20)17-7-3-4-10(9-17)13(18)19/h2,5-6,10H,3-4,7-9H2,1H3,(H,16,20)(H,18,19). The topological polar surface area (TPSA) is 91.8 Å². The van der Waals surface area contributed by atoms with E-state index in [1.165, 1.54) is 4.90 Å². The SMILES string of the molecule is COc1cccnc1CNC(=O)N1CCCC(C(=O)O)C1. The van der Waals surface area contributed by atoms with Crippen LogP contribution in [0.4, 0.5) is 4.79 Å². The van der Waals surface area contributed by atoms with Gasteiger partial charge in [-0.1, -0.05) is 0 Å². The first-order valence-corrected chi connectivity index (χ1v) is 6.85. The molecule has 0 spiro atoms. The Bertz CT molecular complexity index is 521. The van der Waals surface area contributed by atoms with Crippen LogP contribution in [0.25, 0.3) is 0 Å². The molecule has 2 N–H and O–H groups in total. The Morgan fingerprint density at radius 2 is 2.38 bits per heavy atom. The van der Waals surface area contributed by atoms with Crippen LogP contribution in [0.3, 0.4) is 0 Å². The van der Waals surface area contributed by atoms with Crippen LogP contribution in [0, 0.1) is 5.92 Å². The Labute approximate surface area is 122 Å². The minimum absolute atomic E-state index is 0.247. The summed E-state index contributed by atoms with van der Waals surface area (Å²) in [6.07, 6.45) is 2.95. The average molecular weight is 293 g/mol. The number of piperidine rings is 1. The maximum Gasteiger partial charge on any atom is 0.317 e. The van der Waals surface area contributed by atoms with Gasteiger partial charge in [0.15, 0.2) is 0 Å². The second-order valence-electron chi connectivity index (χ2n) is 4.93. The first-order valence-electron chi connectivity index (χ1n) is 6.85. The van der Waals surface area contributed by atoms with Crippen molar-refractivity contribution in [1.82, 2.24) is 15.2 Å². The lowest BCUT2D eigenvalue weighted by atomic mass is 9.99. The number of nitrogens with zero attached hydrogens (tertiary/aromatic N) is 2. The molecular weight excluding hydrogens is 274 g/mol. The molecule has 0 bridgehead atoms. The normalized spacial score (nSPS) is 18.1. The molecule has 1 aromatic heterocycles. The van der Waals surface area contributed by atoms with E-state index in [2.05, 4.69) is 10.3 Å². The Hall–Kier alpha value is -2.31. The predicted octanol–water partition coefficient (Wildman–Crippen LogP) is 1.10. The van der Waals surface area contributed by atoms with Gasteiger partial charge in [0.25, 0.3) is 0 Å². The number of amides is 2. The van der Waals surface area contributed by atoms with Gasteiger partial charge in [-0.05, 0) is 25.0 Å². The van der Waals surface area contributed by atoms with E-state index >= 15 is 0 Å². The molecular formula is C14H19N3O4. The summed E-state index contributed by atoms with van der Waals surface area (Å²) >= 11 is 0. The highest BCUT2D eigenvalue weighted by molar-refractivity contribution is 5.76. The molecule has 1 fully saturated rings. The van der Waals surface area contributed by atoms with Crippen LogP contribution in [0.1, 0.15) is 18.5 Å². The van der Waals surface area contributed by atoms with Gasteiger partial charge in [-0.15, -0.1) is 0 Å². The molecule has 2 rings (SSSR count). The third-order valence-electron chi connectivity index (χ3n) is 3.53. The van der Waals surface area contributed by atoms with Gasteiger partial charge in [-0.2, -0.15) is 0 Å². The maximum atomic E-state index is 12.1. The Morgan fingerprint density at radius 3 is 3.10 bits per heavy atom. The van der Waals surface area contributed by atoms with E-state index in [0.717, 1.165) is 0 Å². The van der Waals surface area contributed by atoms with Crippen LogP contribution in [-0.4, -0.2) is 47.2 Å². The zero-order chi connectivity index (χ0) is 15.2. The molecule has 0 radical (unpaired) electrons. The molecule has 1 atom stereocenters. The van der Waals surface area contributed by atoms with Crippen molar-refractivity contribution in [3.05, 3.63) is 24.0 Å². The number of urea groups is 1. The van der Waals surface area contributed by atoms with Gasteiger partial charge < -0.3 is 20.1 Å². The van der Waals surface area contributed by atoms with Gasteiger partial charge in [0, 0.05) is 19.3 Å². The predicted molar refractivity (Wildman–Crippen MR) is 75.0 cm³/mol. The van der Waals surface area contributed by atoms with E-state index in [9.17, 15) is 9.59 Å². The van der Waals surface area contributed by atoms with Crippen LogP contribution >= 0.6 is 0 Å². The van der Waals surface area contributed by atoms with Crippen LogP contribution < -0.4 is 10.1 Å². The third-order valence-corrected chi connectivity index (χ3v) is 3.53. The van der Waals surface area contributed by atoms with E-state index in [-0.39, 0.29) is 19.1 Å². The van der Waals surface area contributed by atoms with Gasteiger partial charge in [-0.3, -0.25) is 9.78 Å². The summed E-state index contributed by atoms with van der Waals surface area (Å²) in [7, 11) is 1.55. The molecule has 1 aliphatic heterocycles. The molecule has 114 valence electrons. The molecule has 1 aliphatic rings. The summed E-state index contributed by atoms with van der Waals surface area (Å²) in [6.45, 7) is 1.08. The van der Waals surface area contributed by atoms with Crippen molar-refractivity contribution < 1.29 is 19.4 Å². The molecule has 2 heterocycles. The highest BCUT2D eigenvalue weighted by Gasteiger charge is 2.28. The molecule has 0 aromatic carbocycles. The number of pyridine rings is 1. The molecule has 7 nitrogen and oxygen atoms in total. The number of carbonyl (C=O) groups is 2. The molecule has 7 heteroatoms. The zero-order valence-corrected chi connectivity index (χ0v) is 11.9. The molecule has 21 heavy (non-hydrogen) atoms. The summed E-state index contributed by atoms with van der Waals surface area (Å²) in [4.78, 5) is 28.8. The van der Waals surface area contributed by atoms with Crippen molar-refractivity contribution in [2.24, 2.45) is 5.92 Å². The van der Waals surface area contributed by atoms with E-state index in [1.54, 1.807) is 25.4 Å². The average Bonchev–Trinajstić information content (AvgIpc) is 2.52. The fourth-order valence-electron chi connectivity index (χ4n) is 2.38. The lowest BCUT2D eigenvalue weighted by Gasteiger charge is -2.30. The van der Waals surface area contributed by atoms with E-state index in [0.29, 0.717) is 30.8 Å². The fraction of sp³-hybridized carbons (Fsp3) is 0.500. The second-order valence-corrected chi connectivity index (χ2v) is 4.93. The quantitative estimate of drug-likeness (QED) is 0.867. The van der Waals surface area contributed by atoms with Crippen molar-refractivity contribution in [2.75, 3.05) is 20.2 Å². The second kappa shape index (κ2) is 6.92. The Morgan fingerprint density at radius 1 is 1.57 bits per heavy atom. The number of hydrogen-bond acceptors (Lipinski definition) is 4. The number of rotatable bonds is 4. The number of methoxy groups -OCH3 is 1. The van der Waals surface area contributed by atoms with Crippen molar-refractivity contribution in [1.29, 1.82) is 0 Å². The molecule has 1 aromatic rings. The molecule has 0 aliphatic carbocycles. The third kappa shape index (κ3) is 3.84. The van der Waals surface area contributed by atoms with E-state index < -0.39 is 11.9 Å². The first kappa shape index (κ1) is 15.1. The van der Waals surface area contributed by atoms with Crippen molar-refractivity contribution in [3.63, 3.8) is 0 Å². The van der Waals surface area contributed by atoms with Crippen LogP contribution in [0.2, 0.25) is 0 Å². The number of carboxylic acids is 1. The van der Waals surface area contributed by atoms with Gasteiger partial charge in [0.2, 0.25) is 0 Å². The molecule has 1 unspecified atom stereocenters. The number of ether oxygens (including phenoxy) is 1. The fourth-order valence-corrected chi connectivity index (χ4v) is 2.38. The Balaban J connectivity index is 1.91. The number of nitrogens with one attached hydrogen (secondary N) is 1. The molecule has 1 saturated heterocycles. The summed E-state index contributed by atoms with van der Waals surface area (Å²) in [5, 5.41) is 11.8. The lowest BCUT2D eigenvalue weighted by molar-refractivity contribution is -0.143. The number of aromatic nitrogens is 1. The smallest absolute Gasteiger partial charge is 0.317 e. The minimum Gasteiger partial charge on any atom is -0.495 e. The van der Waals surface area contributed by atoms with Crippen LogP contribution in [0.5, 0.6) is 5.75 Å². The van der Waals surface area contributed by atoms with E-state index in [4.69, 9.17) is 9.84 Å². The van der Waals surface area contributed by atoms with Crippen molar-refractivity contribution in [2.45, 2.75) is 19.4 Å². The van der Waals surface area contributed by atoms with Crippen molar-refractivity contribution in [3.8, 4) is 5.75 Å². The highest BCUT2D eigenvalue weighted by atomic mass is 16.5. The van der Waals surface area contributed by atoms with Gasteiger partial charge in [0.05, 0.1) is 19.6 Å². The number of likely N-dealkylation sites (tertiary alicyclic amines) is 1. The minimum atomic E-state index is -0.848. The van der Waals surface area contributed by atoms with Gasteiger partial charge in [0.1, 0.15) is 11.4 Å². The Kier molecular flexibility index (Phi) is 4.97. The lowest BCUT2D eigenvalue weighted by Crippen LogP contribution is -2.46. The van der Waals surface area contributed by atoms with Crippen LogP contribution in [-0.2, 0) is 11.3 Å². The summed E-state index contributed by atoms with van der Waals surface area (Å²) in [5.41, 5.74) is 0.639. The first-order chi connectivity index (χ1) is 10.1. The monoisotopic (exact) mass is 293 g/mol. The zero-order valence-electron chi connectivity index (χ0n) is 11.9. The summed E-state index contributed by atoms with van der Waals surface area (Å²) in [5.74, 6) is -0.715. The molecule has 2 amide bonds. The number of carbonyl (C=O) groups excluding carboxylic acids is 1. The maximum absolute atomic E-state index is 12.1. The summed E-state index contributed by atoms with van der Waals surface area (Å²) < 4.78 is 5.17. The highest BCUT2D eigenvalue weighted by Crippen LogP contribution is 2.17. The van der Waals surface area contributed by atoms with Crippen molar-refractivity contribution >= 4 is 12.0 Å². The van der Waals surface area contributed by atoms with Crippen LogP contribution in [0.15, 0.2) is 18.3 Å².